The maximum absolute atomic E-state index is 5.55. The van der Waals surface area contributed by atoms with Crippen LogP contribution in [0.15, 0.2) is 40.5 Å². The van der Waals surface area contributed by atoms with Crippen molar-refractivity contribution < 1.29 is 0 Å². The number of nitrogens with one attached hydrogen (secondary N) is 2. The van der Waals surface area contributed by atoms with E-state index in [1.54, 1.807) is 0 Å². The average Bonchev–Trinajstić information content (AvgIpc) is 2.79. The molecule has 29 heavy (non-hydrogen) atoms. The van der Waals surface area contributed by atoms with Gasteiger partial charge in [-0.15, -0.1) is 0 Å². The first-order valence-electron chi connectivity index (χ1n) is 10.4. The molecule has 2 aliphatic heterocycles. The van der Waals surface area contributed by atoms with Gasteiger partial charge < -0.3 is 9.80 Å². The summed E-state index contributed by atoms with van der Waals surface area (Å²) >= 11 is 11.1. The van der Waals surface area contributed by atoms with Crippen LogP contribution in [-0.2, 0) is 0 Å². The van der Waals surface area contributed by atoms with Crippen molar-refractivity contribution in [3.63, 3.8) is 0 Å². The SMILES string of the molecule is CC(=N/NC(=S)N1CCCCC1)/C(=N\NC(=S)N1CCCCC1)c1ccccc1. The molecule has 0 unspecified atom stereocenters. The Bertz CT molecular complexity index is 750. The highest BCUT2D eigenvalue weighted by atomic mass is 32.1. The molecule has 156 valence electrons. The van der Waals surface area contributed by atoms with Crippen molar-refractivity contribution >= 4 is 46.1 Å². The second kappa shape index (κ2) is 11.2. The van der Waals surface area contributed by atoms with Crippen molar-refractivity contribution in [2.24, 2.45) is 10.2 Å². The average molecular weight is 431 g/mol. The maximum Gasteiger partial charge on any atom is 0.189 e. The van der Waals surface area contributed by atoms with Crippen molar-refractivity contribution in [2.75, 3.05) is 26.2 Å². The van der Waals surface area contributed by atoms with E-state index < -0.39 is 0 Å². The minimum atomic E-state index is 0.669. The third kappa shape index (κ3) is 6.47. The first-order chi connectivity index (χ1) is 14.1. The first-order valence-corrected chi connectivity index (χ1v) is 11.2. The van der Waals surface area contributed by atoms with E-state index in [1.807, 2.05) is 37.3 Å². The van der Waals surface area contributed by atoms with Crippen molar-refractivity contribution in [1.82, 2.24) is 20.7 Å². The number of hydrazone groups is 2. The molecule has 2 aliphatic rings. The Morgan fingerprint density at radius 1 is 0.759 bits per heavy atom. The number of hydrogen-bond acceptors (Lipinski definition) is 4. The molecule has 0 saturated carbocycles. The van der Waals surface area contributed by atoms with Crippen molar-refractivity contribution in [2.45, 2.75) is 45.4 Å². The van der Waals surface area contributed by atoms with E-state index in [0.717, 1.165) is 43.2 Å². The molecule has 2 heterocycles. The van der Waals surface area contributed by atoms with E-state index in [-0.39, 0.29) is 0 Å². The molecule has 2 fully saturated rings. The fraction of sp³-hybridized carbons (Fsp3) is 0.524. The fourth-order valence-electron chi connectivity index (χ4n) is 3.57. The summed E-state index contributed by atoms with van der Waals surface area (Å²) in [4.78, 5) is 4.36. The summed E-state index contributed by atoms with van der Waals surface area (Å²) in [7, 11) is 0. The van der Waals surface area contributed by atoms with Gasteiger partial charge in [0.15, 0.2) is 10.2 Å². The highest BCUT2D eigenvalue weighted by Gasteiger charge is 2.15. The summed E-state index contributed by atoms with van der Waals surface area (Å²) in [6.07, 6.45) is 7.25. The second-order valence-corrected chi connectivity index (χ2v) is 8.23. The molecular formula is C21H30N6S2. The third-order valence-electron chi connectivity index (χ3n) is 5.26. The summed E-state index contributed by atoms with van der Waals surface area (Å²) in [5.41, 5.74) is 8.61. The molecule has 0 amide bonds. The van der Waals surface area contributed by atoms with Gasteiger partial charge in [-0.25, -0.2) is 0 Å². The molecule has 8 heteroatoms. The van der Waals surface area contributed by atoms with Crippen molar-refractivity contribution in [3.8, 4) is 0 Å². The number of hydrogen-bond donors (Lipinski definition) is 2. The zero-order chi connectivity index (χ0) is 20.5. The lowest BCUT2D eigenvalue weighted by Crippen LogP contribution is -2.42. The number of rotatable bonds is 4. The Kier molecular flexibility index (Phi) is 8.37. The van der Waals surface area contributed by atoms with Crippen LogP contribution in [0.1, 0.15) is 51.0 Å². The number of piperidine rings is 2. The van der Waals surface area contributed by atoms with Crippen molar-refractivity contribution in [3.05, 3.63) is 35.9 Å². The van der Waals surface area contributed by atoms with Gasteiger partial charge in [-0.2, -0.15) is 10.2 Å². The van der Waals surface area contributed by atoms with E-state index in [4.69, 9.17) is 24.4 Å². The minimum Gasteiger partial charge on any atom is -0.348 e. The highest BCUT2D eigenvalue weighted by Crippen LogP contribution is 2.10. The van der Waals surface area contributed by atoms with Gasteiger partial charge in [0.1, 0.15) is 5.71 Å². The molecule has 1 aromatic carbocycles. The Hall–Kier alpha value is -2.06. The molecule has 0 aliphatic carbocycles. The first kappa shape index (κ1) is 21.6. The van der Waals surface area contributed by atoms with Crippen LogP contribution in [0.4, 0.5) is 0 Å². The molecule has 0 bridgehead atoms. The summed E-state index contributed by atoms with van der Waals surface area (Å²) in [5, 5.41) is 10.5. The zero-order valence-electron chi connectivity index (χ0n) is 17.1. The van der Waals surface area contributed by atoms with Crippen molar-refractivity contribution in [1.29, 1.82) is 0 Å². The number of thiocarbonyl (C=S) groups is 2. The van der Waals surface area contributed by atoms with Crippen LogP contribution < -0.4 is 10.9 Å². The number of nitrogens with zero attached hydrogens (tertiary/aromatic N) is 4. The Labute approximate surface area is 184 Å². The quantitative estimate of drug-likeness (QED) is 0.433. The number of likely N-dealkylation sites (tertiary alicyclic amines) is 2. The normalized spacial score (nSPS) is 18.4. The van der Waals surface area contributed by atoms with Gasteiger partial charge in [0.25, 0.3) is 0 Å². The molecule has 3 rings (SSSR count). The van der Waals surface area contributed by atoms with Gasteiger partial charge in [-0.1, -0.05) is 30.3 Å². The number of benzene rings is 1. The van der Waals surface area contributed by atoms with E-state index in [2.05, 4.69) is 30.9 Å². The van der Waals surface area contributed by atoms with Gasteiger partial charge in [-0.05, 0) is 69.9 Å². The van der Waals surface area contributed by atoms with Crippen LogP contribution >= 0.6 is 24.4 Å². The van der Waals surface area contributed by atoms with Gasteiger partial charge >= 0.3 is 0 Å². The van der Waals surface area contributed by atoms with E-state index in [0.29, 0.717) is 10.2 Å². The maximum atomic E-state index is 5.55. The summed E-state index contributed by atoms with van der Waals surface area (Å²) in [6.45, 7) is 5.89. The Morgan fingerprint density at radius 2 is 1.24 bits per heavy atom. The smallest absolute Gasteiger partial charge is 0.189 e. The molecule has 0 atom stereocenters. The lowest BCUT2D eigenvalue weighted by Gasteiger charge is -2.28. The molecular weight excluding hydrogens is 400 g/mol. The van der Waals surface area contributed by atoms with E-state index in [9.17, 15) is 0 Å². The van der Waals surface area contributed by atoms with Crippen LogP contribution in [0.3, 0.4) is 0 Å². The van der Waals surface area contributed by atoms with Gasteiger partial charge in [0.05, 0.1) is 5.71 Å². The minimum absolute atomic E-state index is 0.669. The fourth-order valence-corrected chi connectivity index (χ4v) is 4.03. The lowest BCUT2D eigenvalue weighted by molar-refractivity contribution is 0.338. The Balaban J connectivity index is 1.70. The molecule has 0 aromatic heterocycles. The Morgan fingerprint density at radius 3 is 1.76 bits per heavy atom. The molecule has 0 radical (unpaired) electrons. The van der Waals surface area contributed by atoms with Crippen LogP contribution in [0, 0.1) is 0 Å². The largest absolute Gasteiger partial charge is 0.348 e. The molecule has 2 saturated heterocycles. The lowest BCUT2D eigenvalue weighted by atomic mass is 10.1. The molecule has 6 nitrogen and oxygen atoms in total. The van der Waals surface area contributed by atoms with Gasteiger partial charge in [0, 0.05) is 31.7 Å². The zero-order valence-corrected chi connectivity index (χ0v) is 18.7. The summed E-state index contributed by atoms with van der Waals surface area (Å²) in [5.74, 6) is 0. The van der Waals surface area contributed by atoms with Crippen LogP contribution in [-0.4, -0.2) is 57.6 Å². The molecule has 1 aromatic rings. The van der Waals surface area contributed by atoms with Gasteiger partial charge in [0.2, 0.25) is 0 Å². The summed E-state index contributed by atoms with van der Waals surface area (Å²) < 4.78 is 0. The standard InChI is InChI=1S/C21H30N6S2/c1-17(22-24-20(28)26-13-7-3-8-14-26)19(18-11-5-2-6-12-18)23-25-21(29)27-15-9-4-10-16-27/h2,5-6,11-12H,3-4,7-10,13-16H2,1H3,(H,24,28)(H,25,29)/b22-17-,23-19+. The third-order valence-corrected chi connectivity index (χ3v) is 5.96. The second-order valence-electron chi connectivity index (χ2n) is 7.45. The predicted molar refractivity (Wildman–Crippen MR) is 128 cm³/mol. The van der Waals surface area contributed by atoms with Crippen LogP contribution in [0.25, 0.3) is 0 Å². The molecule has 2 N–H and O–H groups in total. The van der Waals surface area contributed by atoms with E-state index in [1.165, 1.54) is 38.5 Å². The monoisotopic (exact) mass is 430 g/mol. The highest BCUT2D eigenvalue weighted by molar-refractivity contribution is 7.80. The molecule has 0 spiro atoms. The predicted octanol–water partition coefficient (Wildman–Crippen LogP) is 3.49. The summed E-state index contributed by atoms with van der Waals surface area (Å²) in [6, 6.07) is 10.0. The van der Waals surface area contributed by atoms with Crippen LogP contribution in [0.5, 0.6) is 0 Å². The van der Waals surface area contributed by atoms with Crippen LogP contribution in [0.2, 0.25) is 0 Å². The van der Waals surface area contributed by atoms with E-state index >= 15 is 0 Å². The van der Waals surface area contributed by atoms with Gasteiger partial charge in [-0.3, -0.25) is 10.9 Å². The topological polar surface area (TPSA) is 55.3 Å².